The van der Waals surface area contributed by atoms with Crippen molar-refractivity contribution in [2.24, 2.45) is 0 Å². The van der Waals surface area contributed by atoms with Gasteiger partial charge in [0.1, 0.15) is 6.67 Å². The van der Waals surface area contributed by atoms with Gasteiger partial charge in [-0.25, -0.2) is 9.18 Å². The number of hydrogen-bond acceptors (Lipinski definition) is 2. The second kappa shape index (κ2) is 7.58. The minimum absolute atomic E-state index is 0.0192. The molecule has 1 saturated heterocycles. The van der Waals surface area contributed by atoms with Crippen molar-refractivity contribution < 1.29 is 27.5 Å². The van der Waals surface area contributed by atoms with Gasteiger partial charge in [-0.15, -0.1) is 0 Å². The lowest BCUT2D eigenvalue weighted by Crippen LogP contribution is -2.44. The van der Waals surface area contributed by atoms with Gasteiger partial charge < -0.3 is 10.0 Å². The fourth-order valence-electron chi connectivity index (χ4n) is 3.52. The van der Waals surface area contributed by atoms with Crippen LogP contribution in [0.25, 0.3) is 0 Å². The predicted octanol–water partition coefficient (Wildman–Crippen LogP) is 5.13. The Morgan fingerprint density at radius 3 is 2.19 bits per heavy atom. The summed E-state index contributed by atoms with van der Waals surface area (Å²) in [5.41, 5.74) is 0.948. The van der Waals surface area contributed by atoms with E-state index < -0.39 is 24.4 Å². The molecule has 0 aliphatic carbocycles. The van der Waals surface area contributed by atoms with Crippen molar-refractivity contribution >= 4 is 11.7 Å². The van der Waals surface area contributed by atoms with Gasteiger partial charge in [0.15, 0.2) is 0 Å². The van der Waals surface area contributed by atoms with Gasteiger partial charge >= 0.3 is 12.1 Å². The lowest BCUT2D eigenvalue weighted by Gasteiger charge is -2.40. The molecule has 0 radical (unpaired) electrons. The summed E-state index contributed by atoms with van der Waals surface area (Å²) < 4.78 is 51.7. The molecular weight excluding hydrogens is 362 g/mol. The van der Waals surface area contributed by atoms with E-state index in [0.717, 1.165) is 17.7 Å². The van der Waals surface area contributed by atoms with Crippen LogP contribution in [0.1, 0.15) is 40.2 Å². The topological polar surface area (TPSA) is 40.5 Å². The number of piperidine rings is 1. The fourth-order valence-corrected chi connectivity index (χ4v) is 3.52. The van der Waals surface area contributed by atoms with Crippen LogP contribution in [0.5, 0.6) is 0 Å². The average molecular weight is 381 g/mol. The number of anilines is 1. The molecule has 2 aromatic rings. The smallest absolute Gasteiger partial charge is 0.416 e. The fraction of sp³-hybridized carbons (Fsp3) is 0.350. The van der Waals surface area contributed by atoms with Crippen LogP contribution in [0.4, 0.5) is 23.2 Å². The Bertz CT molecular complexity index is 787. The molecule has 2 atom stereocenters. The first-order valence-corrected chi connectivity index (χ1v) is 8.62. The van der Waals surface area contributed by atoms with Crippen LogP contribution in [0.2, 0.25) is 0 Å². The number of aromatic carboxylic acids is 1. The molecule has 2 aromatic carbocycles. The molecule has 144 valence electrons. The van der Waals surface area contributed by atoms with Crippen LogP contribution in [0.3, 0.4) is 0 Å². The SMILES string of the molecule is O=C(O)c1ccc(N2CC(c3ccc(C(F)(F)F)cc3)CC[C@H]2CF)cc1. The molecular formula is C20H19F4NO2. The van der Waals surface area contributed by atoms with E-state index in [9.17, 15) is 22.4 Å². The highest BCUT2D eigenvalue weighted by atomic mass is 19.4. The molecule has 1 fully saturated rings. The Kier molecular flexibility index (Phi) is 5.39. The van der Waals surface area contributed by atoms with Crippen LogP contribution >= 0.6 is 0 Å². The molecule has 1 heterocycles. The highest BCUT2D eigenvalue weighted by Crippen LogP contribution is 2.35. The van der Waals surface area contributed by atoms with Crippen molar-refractivity contribution in [3.63, 3.8) is 0 Å². The van der Waals surface area contributed by atoms with Crippen molar-refractivity contribution in [3.05, 3.63) is 65.2 Å². The maximum Gasteiger partial charge on any atom is 0.416 e. The van der Waals surface area contributed by atoms with Crippen LogP contribution in [0.15, 0.2) is 48.5 Å². The quantitative estimate of drug-likeness (QED) is 0.747. The number of carboxylic acid groups (broad SMARTS) is 1. The molecule has 0 amide bonds. The molecule has 1 aliphatic heterocycles. The zero-order valence-corrected chi connectivity index (χ0v) is 14.4. The molecule has 0 bridgehead atoms. The molecule has 0 aromatic heterocycles. The van der Waals surface area contributed by atoms with E-state index in [4.69, 9.17) is 5.11 Å². The van der Waals surface area contributed by atoms with Crippen molar-refractivity contribution in [1.29, 1.82) is 0 Å². The van der Waals surface area contributed by atoms with E-state index >= 15 is 0 Å². The number of carbonyl (C=O) groups is 1. The number of rotatable bonds is 4. The number of benzene rings is 2. The largest absolute Gasteiger partial charge is 0.478 e. The lowest BCUT2D eigenvalue weighted by atomic mass is 9.86. The van der Waals surface area contributed by atoms with Crippen LogP contribution < -0.4 is 4.90 Å². The second-order valence-corrected chi connectivity index (χ2v) is 6.71. The zero-order valence-electron chi connectivity index (χ0n) is 14.4. The first-order valence-electron chi connectivity index (χ1n) is 8.62. The highest BCUT2D eigenvalue weighted by molar-refractivity contribution is 5.88. The first kappa shape index (κ1) is 19.2. The van der Waals surface area contributed by atoms with Crippen LogP contribution in [0, 0.1) is 0 Å². The average Bonchev–Trinajstić information content (AvgIpc) is 2.67. The predicted molar refractivity (Wildman–Crippen MR) is 93.9 cm³/mol. The van der Waals surface area contributed by atoms with Gasteiger partial charge in [-0.05, 0) is 54.8 Å². The van der Waals surface area contributed by atoms with Crippen LogP contribution in [-0.4, -0.2) is 30.3 Å². The molecule has 7 heteroatoms. The molecule has 0 saturated carbocycles. The third-order valence-corrected chi connectivity index (χ3v) is 5.04. The van der Waals surface area contributed by atoms with E-state index in [-0.39, 0.29) is 17.5 Å². The Balaban J connectivity index is 1.81. The monoisotopic (exact) mass is 381 g/mol. The third kappa shape index (κ3) is 4.23. The molecule has 1 aliphatic rings. The molecule has 1 unspecified atom stereocenters. The Morgan fingerprint density at radius 2 is 1.67 bits per heavy atom. The molecule has 1 N–H and O–H groups in total. The summed E-state index contributed by atoms with van der Waals surface area (Å²) in [7, 11) is 0. The maximum atomic E-state index is 13.5. The number of alkyl halides is 4. The van der Waals surface area contributed by atoms with E-state index in [1.807, 2.05) is 4.90 Å². The van der Waals surface area contributed by atoms with Gasteiger partial charge in [0, 0.05) is 18.2 Å². The van der Waals surface area contributed by atoms with Gasteiger partial charge in [-0.3, -0.25) is 0 Å². The van der Waals surface area contributed by atoms with E-state index in [1.165, 1.54) is 24.3 Å². The van der Waals surface area contributed by atoms with Gasteiger partial charge in [-0.2, -0.15) is 13.2 Å². The number of hydrogen-bond donors (Lipinski definition) is 1. The van der Waals surface area contributed by atoms with Crippen LogP contribution in [-0.2, 0) is 6.18 Å². The Labute approximate surface area is 154 Å². The first-order chi connectivity index (χ1) is 12.8. The highest BCUT2D eigenvalue weighted by Gasteiger charge is 2.32. The summed E-state index contributed by atoms with van der Waals surface area (Å²) in [6.45, 7) is -0.0766. The third-order valence-electron chi connectivity index (χ3n) is 5.04. The zero-order chi connectivity index (χ0) is 19.6. The van der Waals surface area contributed by atoms with Gasteiger partial charge in [0.25, 0.3) is 0 Å². The summed E-state index contributed by atoms with van der Waals surface area (Å²) >= 11 is 0. The van der Waals surface area contributed by atoms with E-state index in [2.05, 4.69) is 0 Å². The minimum Gasteiger partial charge on any atom is -0.478 e. The summed E-state index contributed by atoms with van der Waals surface area (Å²) in [6, 6.07) is 11.0. The van der Waals surface area contributed by atoms with E-state index in [1.54, 1.807) is 12.1 Å². The van der Waals surface area contributed by atoms with E-state index in [0.29, 0.717) is 25.1 Å². The Morgan fingerprint density at radius 1 is 1.04 bits per heavy atom. The minimum atomic E-state index is -4.37. The van der Waals surface area contributed by atoms with Crippen molar-refractivity contribution in [2.75, 3.05) is 18.1 Å². The second-order valence-electron chi connectivity index (χ2n) is 6.71. The van der Waals surface area contributed by atoms with Gasteiger partial charge in [0.2, 0.25) is 0 Å². The number of nitrogens with zero attached hydrogens (tertiary/aromatic N) is 1. The van der Waals surface area contributed by atoms with Crippen molar-refractivity contribution in [3.8, 4) is 0 Å². The summed E-state index contributed by atoms with van der Waals surface area (Å²) in [5, 5.41) is 9.00. The summed E-state index contributed by atoms with van der Waals surface area (Å²) in [5.74, 6) is -1.06. The Hall–Kier alpha value is -2.57. The molecule has 3 rings (SSSR count). The summed E-state index contributed by atoms with van der Waals surface area (Å²) in [4.78, 5) is 12.9. The maximum absolute atomic E-state index is 13.5. The molecule has 27 heavy (non-hydrogen) atoms. The van der Waals surface area contributed by atoms with Crippen molar-refractivity contribution in [1.82, 2.24) is 0 Å². The molecule has 3 nitrogen and oxygen atoms in total. The van der Waals surface area contributed by atoms with Gasteiger partial charge in [0.05, 0.1) is 17.2 Å². The number of halogens is 4. The normalized spacial score (nSPS) is 20.5. The molecule has 0 spiro atoms. The van der Waals surface area contributed by atoms with Crippen molar-refractivity contribution in [2.45, 2.75) is 31.0 Å². The summed E-state index contributed by atoms with van der Waals surface area (Å²) in [6.07, 6.45) is -3.12. The lowest BCUT2D eigenvalue weighted by molar-refractivity contribution is -0.137. The van der Waals surface area contributed by atoms with Gasteiger partial charge in [-0.1, -0.05) is 12.1 Å². The standard InChI is InChI=1S/C20H19F4NO2/c21-11-18-10-5-15(13-1-6-16(7-2-13)20(22,23)24)12-25(18)17-8-3-14(4-9-17)19(26)27/h1-4,6-9,15,18H,5,10-12H2,(H,26,27)/t15?,18-/m0/s1. The number of carboxylic acids is 1.